The maximum atomic E-state index is 6.02. The fourth-order valence-electron chi connectivity index (χ4n) is 1.51. The second-order valence-electron chi connectivity index (χ2n) is 3.45. The number of nitrogens with two attached hydrogens (primary N) is 1. The number of hydrogen-bond acceptors (Lipinski definition) is 2. The third-order valence-electron chi connectivity index (χ3n) is 2.28. The lowest BCUT2D eigenvalue weighted by atomic mass is 10.1. The Bertz CT molecular complexity index is 506. The number of aromatic nitrogens is 1. The van der Waals surface area contributed by atoms with Gasteiger partial charge in [-0.05, 0) is 26.0 Å². The van der Waals surface area contributed by atoms with E-state index in [4.69, 9.17) is 17.3 Å². The third kappa shape index (κ3) is 1.32. The molecule has 0 aliphatic rings. The minimum Gasteiger partial charge on any atom is -0.397 e. The van der Waals surface area contributed by atoms with E-state index in [1.54, 1.807) is 0 Å². The van der Waals surface area contributed by atoms with Gasteiger partial charge in [0.15, 0.2) is 0 Å². The van der Waals surface area contributed by atoms with E-state index in [0.29, 0.717) is 10.7 Å². The molecule has 0 saturated carbocycles. The smallest absolute Gasteiger partial charge is 0.0854 e. The van der Waals surface area contributed by atoms with Gasteiger partial charge in [-0.15, -0.1) is 0 Å². The number of rotatable bonds is 0. The van der Waals surface area contributed by atoms with Gasteiger partial charge < -0.3 is 5.73 Å². The second-order valence-corrected chi connectivity index (χ2v) is 3.82. The van der Waals surface area contributed by atoms with E-state index >= 15 is 0 Å². The number of nitrogen functional groups attached to an aromatic ring is 1. The Balaban J connectivity index is 2.92. The summed E-state index contributed by atoms with van der Waals surface area (Å²) in [5.74, 6) is 0. The van der Waals surface area contributed by atoms with E-state index in [1.165, 1.54) is 0 Å². The summed E-state index contributed by atoms with van der Waals surface area (Å²) < 4.78 is 0. The van der Waals surface area contributed by atoms with E-state index < -0.39 is 0 Å². The molecule has 0 radical (unpaired) electrons. The predicted molar refractivity (Wildman–Crippen MR) is 60.6 cm³/mol. The molecule has 0 aliphatic carbocycles. The highest BCUT2D eigenvalue weighted by molar-refractivity contribution is 6.35. The third-order valence-corrected chi connectivity index (χ3v) is 2.76. The maximum absolute atomic E-state index is 6.02. The van der Waals surface area contributed by atoms with Crippen molar-refractivity contribution in [1.82, 2.24) is 4.98 Å². The zero-order valence-corrected chi connectivity index (χ0v) is 8.89. The quantitative estimate of drug-likeness (QED) is 0.720. The van der Waals surface area contributed by atoms with Crippen molar-refractivity contribution in [2.75, 3.05) is 5.73 Å². The molecule has 2 aromatic rings. The normalized spacial score (nSPS) is 10.8. The molecule has 0 unspecified atom stereocenters. The summed E-state index contributed by atoms with van der Waals surface area (Å²) in [5.41, 5.74) is 9.37. The van der Waals surface area contributed by atoms with Gasteiger partial charge in [-0.1, -0.05) is 23.2 Å². The SMILES string of the molecule is Cc1ccc2nc(C)c(Cl)c(N)c2c1. The average Bonchev–Trinajstić information content (AvgIpc) is 2.16. The van der Waals surface area contributed by atoms with Crippen LogP contribution >= 0.6 is 11.6 Å². The molecule has 0 saturated heterocycles. The van der Waals surface area contributed by atoms with Crippen LogP contribution in [0.5, 0.6) is 0 Å². The Kier molecular flexibility index (Phi) is 2.08. The lowest BCUT2D eigenvalue weighted by Crippen LogP contribution is -1.94. The summed E-state index contributed by atoms with van der Waals surface area (Å²) in [6.45, 7) is 3.88. The van der Waals surface area contributed by atoms with Crippen molar-refractivity contribution in [3.05, 3.63) is 34.5 Å². The summed E-state index contributed by atoms with van der Waals surface area (Å²) in [6.07, 6.45) is 0. The monoisotopic (exact) mass is 206 g/mol. The molecule has 0 aliphatic heterocycles. The fraction of sp³-hybridized carbons (Fsp3) is 0.182. The van der Waals surface area contributed by atoms with Gasteiger partial charge in [0.2, 0.25) is 0 Å². The van der Waals surface area contributed by atoms with E-state index in [-0.39, 0.29) is 0 Å². The molecule has 1 aromatic carbocycles. The van der Waals surface area contributed by atoms with E-state index in [2.05, 4.69) is 4.98 Å². The van der Waals surface area contributed by atoms with Crippen molar-refractivity contribution in [1.29, 1.82) is 0 Å². The van der Waals surface area contributed by atoms with Gasteiger partial charge in [0, 0.05) is 5.39 Å². The van der Waals surface area contributed by atoms with Gasteiger partial charge in [-0.25, -0.2) is 0 Å². The zero-order valence-electron chi connectivity index (χ0n) is 8.13. The Labute approximate surface area is 87.7 Å². The largest absolute Gasteiger partial charge is 0.397 e. The first-order valence-electron chi connectivity index (χ1n) is 4.41. The molecule has 0 bridgehead atoms. The molecular formula is C11H11ClN2. The van der Waals surface area contributed by atoms with Crippen molar-refractivity contribution >= 4 is 28.2 Å². The number of fused-ring (bicyclic) bond motifs is 1. The highest BCUT2D eigenvalue weighted by atomic mass is 35.5. The van der Waals surface area contributed by atoms with Crippen LogP contribution in [0.25, 0.3) is 10.9 Å². The Morgan fingerprint density at radius 1 is 1.29 bits per heavy atom. The Morgan fingerprint density at radius 2 is 2.00 bits per heavy atom. The molecule has 2 nitrogen and oxygen atoms in total. The highest BCUT2D eigenvalue weighted by Crippen LogP contribution is 2.29. The molecule has 2 rings (SSSR count). The van der Waals surface area contributed by atoms with Crippen LogP contribution in [-0.2, 0) is 0 Å². The first-order valence-corrected chi connectivity index (χ1v) is 4.79. The molecule has 0 amide bonds. The van der Waals surface area contributed by atoms with E-state index in [9.17, 15) is 0 Å². The van der Waals surface area contributed by atoms with E-state index in [0.717, 1.165) is 22.2 Å². The zero-order chi connectivity index (χ0) is 10.3. The molecule has 72 valence electrons. The second kappa shape index (κ2) is 3.14. The van der Waals surface area contributed by atoms with Gasteiger partial charge in [0.25, 0.3) is 0 Å². The van der Waals surface area contributed by atoms with Crippen LogP contribution in [0.15, 0.2) is 18.2 Å². The highest BCUT2D eigenvalue weighted by Gasteiger charge is 2.07. The molecular weight excluding hydrogens is 196 g/mol. The summed E-state index contributed by atoms with van der Waals surface area (Å²) >= 11 is 6.02. The minimum absolute atomic E-state index is 0.558. The van der Waals surface area contributed by atoms with Crippen LogP contribution in [0.3, 0.4) is 0 Å². The van der Waals surface area contributed by atoms with Crippen LogP contribution in [0.2, 0.25) is 5.02 Å². The molecule has 3 heteroatoms. The Hall–Kier alpha value is -1.28. The maximum Gasteiger partial charge on any atom is 0.0854 e. The number of pyridine rings is 1. The molecule has 1 heterocycles. The molecule has 0 atom stereocenters. The average molecular weight is 207 g/mol. The predicted octanol–water partition coefficient (Wildman–Crippen LogP) is 3.09. The van der Waals surface area contributed by atoms with Crippen molar-refractivity contribution in [3.8, 4) is 0 Å². The van der Waals surface area contributed by atoms with Crippen LogP contribution in [0.1, 0.15) is 11.3 Å². The summed E-state index contributed by atoms with van der Waals surface area (Å²) in [7, 11) is 0. The first-order chi connectivity index (χ1) is 6.59. The fourth-order valence-corrected chi connectivity index (χ4v) is 1.65. The molecule has 1 aromatic heterocycles. The minimum atomic E-state index is 0.558. The number of nitrogens with zero attached hydrogens (tertiary/aromatic N) is 1. The van der Waals surface area contributed by atoms with Crippen LogP contribution in [0, 0.1) is 13.8 Å². The van der Waals surface area contributed by atoms with Crippen molar-refractivity contribution in [3.63, 3.8) is 0 Å². The van der Waals surface area contributed by atoms with Crippen LogP contribution < -0.4 is 5.73 Å². The molecule has 2 N–H and O–H groups in total. The van der Waals surface area contributed by atoms with Crippen LogP contribution in [0.4, 0.5) is 5.69 Å². The van der Waals surface area contributed by atoms with Crippen molar-refractivity contribution < 1.29 is 0 Å². The van der Waals surface area contributed by atoms with Gasteiger partial charge >= 0.3 is 0 Å². The molecule has 0 fully saturated rings. The van der Waals surface area contributed by atoms with Crippen molar-refractivity contribution in [2.24, 2.45) is 0 Å². The summed E-state index contributed by atoms with van der Waals surface area (Å²) in [4.78, 5) is 4.37. The van der Waals surface area contributed by atoms with Crippen LogP contribution in [-0.4, -0.2) is 4.98 Å². The lowest BCUT2D eigenvalue weighted by Gasteiger charge is -2.07. The van der Waals surface area contributed by atoms with Gasteiger partial charge in [-0.2, -0.15) is 0 Å². The first kappa shape index (κ1) is 9.28. The topological polar surface area (TPSA) is 38.9 Å². The number of benzene rings is 1. The number of anilines is 1. The number of halogens is 1. The number of aryl methyl sites for hydroxylation is 2. The van der Waals surface area contributed by atoms with Gasteiger partial charge in [-0.3, -0.25) is 4.98 Å². The van der Waals surface area contributed by atoms with Gasteiger partial charge in [0.05, 0.1) is 21.9 Å². The lowest BCUT2D eigenvalue weighted by molar-refractivity contribution is 1.25. The summed E-state index contributed by atoms with van der Waals surface area (Å²) in [6, 6.07) is 5.98. The summed E-state index contributed by atoms with van der Waals surface area (Å²) in [5, 5.41) is 1.49. The Morgan fingerprint density at radius 3 is 2.71 bits per heavy atom. The number of hydrogen-bond donors (Lipinski definition) is 1. The standard InChI is InChI=1S/C11H11ClN2/c1-6-3-4-9-8(5-6)11(13)10(12)7(2)14-9/h3-5H,1-2H3,(H2,13,14). The van der Waals surface area contributed by atoms with Gasteiger partial charge in [0.1, 0.15) is 0 Å². The molecule has 14 heavy (non-hydrogen) atoms. The van der Waals surface area contributed by atoms with Crippen molar-refractivity contribution in [2.45, 2.75) is 13.8 Å². The molecule has 0 spiro atoms. The van der Waals surface area contributed by atoms with E-state index in [1.807, 2.05) is 32.0 Å².